The molecule has 46 heavy (non-hydrogen) atoms. The number of aliphatic carboxylic acids is 2. The number of phenolic OH excluding ortho intramolecular Hbond substituents is 2. The molecule has 0 aliphatic carbocycles. The summed E-state index contributed by atoms with van der Waals surface area (Å²) < 4.78 is 10.0. The molecule has 0 unspecified atom stereocenters. The average molecular weight is 663 g/mol. The number of nitrogens with one attached hydrogen (secondary N) is 2. The molecule has 244 valence electrons. The number of ether oxygens (including phenoxy) is 2. The molecule has 2 aromatic carbocycles. The number of phenols is 2. The van der Waals surface area contributed by atoms with Crippen LogP contribution in [0.1, 0.15) is 97.8 Å². The van der Waals surface area contributed by atoms with Gasteiger partial charge in [-0.05, 0) is 74.9 Å². The number of hydrogen-bond donors (Lipinski definition) is 4. The number of carbonyl (C=O) groups is 4. The maximum Gasteiger partial charge on any atom is 1.00 e. The van der Waals surface area contributed by atoms with E-state index in [9.17, 15) is 39.6 Å². The summed E-state index contributed by atoms with van der Waals surface area (Å²) in [5.41, 5.74) is 0.376. The largest absolute Gasteiger partial charge is 1.00 e. The van der Waals surface area contributed by atoms with Crippen LogP contribution in [0.25, 0.3) is 0 Å². The first kappa shape index (κ1) is 45.6. The molecule has 0 aliphatic rings. The molecule has 0 fully saturated rings. The number of methoxy groups -OCH3 is 2. The van der Waals surface area contributed by atoms with Crippen molar-refractivity contribution in [2.45, 2.75) is 77.0 Å². The minimum atomic E-state index is -1.01. The van der Waals surface area contributed by atoms with Gasteiger partial charge in [0.2, 0.25) is 0 Å². The van der Waals surface area contributed by atoms with E-state index in [0.717, 1.165) is 51.4 Å². The van der Waals surface area contributed by atoms with Gasteiger partial charge in [-0.3, -0.25) is 9.59 Å². The van der Waals surface area contributed by atoms with Gasteiger partial charge < -0.3 is 50.1 Å². The van der Waals surface area contributed by atoms with E-state index in [0.29, 0.717) is 37.4 Å². The number of carboxylic acids is 2. The van der Waals surface area contributed by atoms with Crippen LogP contribution in [-0.4, -0.2) is 61.3 Å². The first-order chi connectivity index (χ1) is 21.1. The van der Waals surface area contributed by atoms with Crippen molar-refractivity contribution in [3.63, 3.8) is 0 Å². The van der Waals surface area contributed by atoms with Gasteiger partial charge in [0.05, 0.1) is 25.3 Å². The molecule has 0 heterocycles. The monoisotopic (exact) mass is 662 g/mol. The number of amides is 2. The van der Waals surface area contributed by atoms with Gasteiger partial charge in [0, 0.05) is 25.0 Å². The van der Waals surface area contributed by atoms with Crippen molar-refractivity contribution in [3.8, 4) is 23.0 Å². The van der Waals surface area contributed by atoms with E-state index in [-0.39, 0.29) is 106 Å². The summed E-state index contributed by atoms with van der Waals surface area (Å²) in [6.07, 6.45) is 8.45. The quantitative estimate of drug-likeness (QED) is 0.0814. The maximum absolute atomic E-state index is 11.9. The zero-order valence-electron chi connectivity index (χ0n) is 27.5. The Kier molecular flexibility index (Phi) is 27.4. The van der Waals surface area contributed by atoms with Gasteiger partial charge in [0.15, 0.2) is 0 Å². The van der Waals surface area contributed by atoms with Crippen LogP contribution < -0.4 is 89.4 Å². The third-order valence-electron chi connectivity index (χ3n) is 6.58. The molecule has 4 N–H and O–H groups in total. The second kappa shape index (κ2) is 27.6. The summed E-state index contributed by atoms with van der Waals surface area (Å²) in [6, 6.07) is 8.99. The molecule has 0 bridgehead atoms. The summed E-state index contributed by atoms with van der Waals surface area (Å²) in [5, 5.41) is 45.3. The molecule has 0 atom stereocenters. The Labute approximate surface area is 315 Å². The zero-order chi connectivity index (χ0) is 32.7. The van der Waals surface area contributed by atoms with Crippen LogP contribution in [0.3, 0.4) is 0 Å². The SMILES string of the molecule is COc1ccc(O)c(C(=O)NCCCCCCCC(=O)[O-])c1.COc1ccc(O)c(C(=O)NCCCCCCCC(=O)[O-])c1.[Na+].[Na+]. The van der Waals surface area contributed by atoms with Crippen LogP contribution in [0.2, 0.25) is 0 Å². The molecule has 0 aromatic heterocycles. The normalized spacial score (nSPS) is 9.78. The zero-order valence-corrected chi connectivity index (χ0v) is 31.5. The molecule has 0 saturated carbocycles. The van der Waals surface area contributed by atoms with Gasteiger partial charge in [-0.25, -0.2) is 0 Å². The number of hydrogen-bond acceptors (Lipinski definition) is 10. The first-order valence-corrected chi connectivity index (χ1v) is 14.8. The molecule has 0 saturated heterocycles. The molecule has 0 radical (unpaired) electrons. The molecular weight excluding hydrogens is 618 g/mol. The number of carbonyl (C=O) groups excluding carboxylic acids is 4. The van der Waals surface area contributed by atoms with Crippen molar-refractivity contribution in [3.05, 3.63) is 47.5 Å². The van der Waals surface area contributed by atoms with E-state index in [1.54, 1.807) is 12.1 Å². The smallest absolute Gasteiger partial charge is 0.550 e. The topological polar surface area (TPSA) is 197 Å². The number of benzene rings is 2. The predicted molar refractivity (Wildman–Crippen MR) is 159 cm³/mol. The first-order valence-electron chi connectivity index (χ1n) is 14.8. The Hall–Kier alpha value is -2.48. The third kappa shape index (κ3) is 20.6. The summed E-state index contributed by atoms with van der Waals surface area (Å²) in [5.74, 6) is -1.84. The van der Waals surface area contributed by atoms with Gasteiger partial charge in [-0.1, -0.05) is 38.5 Å². The predicted octanol–water partition coefficient (Wildman–Crippen LogP) is -3.55. The van der Waals surface area contributed by atoms with Crippen LogP contribution in [-0.2, 0) is 9.59 Å². The summed E-state index contributed by atoms with van der Waals surface area (Å²) in [7, 11) is 2.99. The maximum atomic E-state index is 11.9. The molecule has 2 amide bonds. The standard InChI is InChI=1S/2C16H23NO5.2Na/c2*1-22-12-8-9-14(18)13(11-12)16(21)17-10-6-4-2-3-5-7-15(19)20;;/h2*8-9,11,18H,2-7,10H2,1H3,(H,17,21)(H,19,20);;/q;;2*+1/p-2. The summed E-state index contributed by atoms with van der Waals surface area (Å²) in [6.45, 7) is 1.02. The third-order valence-corrected chi connectivity index (χ3v) is 6.58. The molecule has 2 rings (SSSR count). The van der Waals surface area contributed by atoms with Crippen molar-refractivity contribution in [2.75, 3.05) is 27.3 Å². The van der Waals surface area contributed by atoms with E-state index < -0.39 is 11.9 Å². The summed E-state index contributed by atoms with van der Waals surface area (Å²) in [4.78, 5) is 44.3. The molecule has 0 spiro atoms. The van der Waals surface area contributed by atoms with Gasteiger partial charge in [-0.15, -0.1) is 0 Å². The van der Waals surface area contributed by atoms with Crippen molar-refractivity contribution in [1.82, 2.24) is 10.6 Å². The van der Waals surface area contributed by atoms with Crippen molar-refractivity contribution >= 4 is 23.8 Å². The van der Waals surface area contributed by atoms with Gasteiger partial charge in [0.1, 0.15) is 23.0 Å². The fraction of sp³-hybridized carbons (Fsp3) is 0.500. The Morgan fingerprint density at radius 3 is 1.24 bits per heavy atom. The summed E-state index contributed by atoms with van der Waals surface area (Å²) >= 11 is 0. The fourth-order valence-electron chi connectivity index (χ4n) is 4.09. The number of rotatable bonds is 20. The Balaban J connectivity index is 0. The van der Waals surface area contributed by atoms with Crippen molar-refractivity contribution in [2.24, 2.45) is 0 Å². The molecule has 0 aliphatic heterocycles. The van der Waals surface area contributed by atoms with Crippen LogP contribution in [0.4, 0.5) is 0 Å². The fourth-order valence-corrected chi connectivity index (χ4v) is 4.09. The van der Waals surface area contributed by atoms with Gasteiger partial charge >= 0.3 is 59.1 Å². The molecule has 12 nitrogen and oxygen atoms in total. The average Bonchev–Trinajstić information content (AvgIpc) is 3.00. The van der Waals surface area contributed by atoms with Crippen LogP contribution in [0, 0.1) is 0 Å². The minimum Gasteiger partial charge on any atom is -0.550 e. The van der Waals surface area contributed by atoms with E-state index in [1.807, 2.05) is 0 Å². The molecule has 2 aromatic rings. The Morgan fingerprint density at radius 1 is 0.587 bits per heavy atom. The number of carboxylic acid groups (broad SMARTS) is 2. The van der Waals surface area contributed by atoms with Crippen LogP contribution in [0.15, 0.2) is 36.4 Å². The number of unbranched alkanes of at least 4 members (excludes halogenated alkanes) is 8. The second-order valence-electron chi connectivity index (χ2n) is 10.1. The Morgan fingerprint density at radius 2 is 0.913 bits per heavy atom. The van der Waals surface area contributed by atoms with Crippen LogP contribution >= 0.6 is 0 Å². The van der Waals surface area contributed by atoms with Gasteiger partial charge in [-0.2, -0.15) is 0 Å². The molecular formula is C32H44N2Na2O10. The van der Waals surface area contributed by atoms with Crippen LogP contribution in [0.5, 0.6) is 23.0 Å². The molecule has 14 heteroatoms. The second-order valence-corrected chi connectivity index (χ2v) is 10.1. The van der Waals surface area contributed by atoms with E-state index in [1.165, 1.54) is 38.5 Å². The number of aromatic hydroxyl groups is 2. The Bertz CT molecular complexity index is 1110. The van der Waals surface area contributed by atoms with E-state index in [2.05, 4.69) is 10.6 Å². The minimum absolute atomic E-state index is 0. The van der Waals surface area contributed by atoms with E-state index in [4.69, 9.17) is 9.47 Å². The van der Waals surface area contributed by atoms with E-state index >= 15 is 0 Å². The van der Waals surface area contributed by atoms with Crippen molar-refractivity contribution in [1.29, 1.82) is 0 Å². The van der Waals surface area contributed by atoms with Gasteiger partial charge in [0.25, 0.3) is 11.8 Å². The van der Waals surface area contributed by atoms with Crippen molar-refractivity contribution < 1.29 is 108 Å².